The highest BCUT2D eigenvalue weighted by atomic mass is 16.5. The summed E-state index contributed by atoms with van der Waals surface area (Å²) in [6.45, 7) is 1.15. The maximum absolute atomic E-state index is 10.4. The Morgan fingerprint density at radius 1 is 1.55 bits per heavy atom. The Kier molecular flexibility index (Phi) is 3.63. The van der Waals surface area contributed by atoms with E-state index in [9.17, 15) is 4.79 Å². The smallest absolute Gasteiger partial charge is 0.384 e. The molecule has 0 aromatic carbocycles. The fourth-order valence-electron chi connectivity index (χ4n) is 0.454. The number of hydrogen-bond acceptors (Lipinski definition) is 2. The van der Waals surface area contributed by atoms with E-state index in [1.54, 1.807) is 0 Å². The van der Waals surface area contributed by atoms with Crippen molar-refractivity contribution in [3.05, 3.63) is 0 Å². The Bertz CT molecular complexity index is 174. The van der Waals surface area contributed by atoms with Crippen LogP contribution in [0, 0.1) is 12.3 Å². The first kappa shape index (κ1) is 9.99. The number of hydrogen-bond donors (Lipinski definition) is 0. The molecule has 0 heterocycles. The monoisotopic (exact) mass is 156 g/mol. The van der Waals surface area contributed by atoms with Gasteiger partial charge in [0.1, 0.15) is 13.2 Å². The summed E-state index contributed by atoms with van der Waals surface area (Å²) in [5.74, 6) is 1.30. The molecule has 0 saturated carbocycles. The summed E-state index contributed by atoms with van der Waals surface area (Å²) in [4.78, 5) is 10.4. The number of nitrogens with zero attached hydrogens (tertiary/aromatic N) is 1. The second-order valence-corrected chi connectivity index (χ2v) is 3.29. The van der Waals surface area contributed by atoms with Crippen LogP contribution < -0.4 is 0 Å². The third kappa shape index (κ3) is 6.88. The number of carbonyl (C=O) groups is 1. The summed E-state index contributed by atoms with van der Waals surface area (Å²) in [6.07, 6.45) is 4.79. The first-order valence-corrected chi connectivity index (χ1v) is 3.39. The maximum atomic E-state index is 10.4. The molecule has 0 rings (SSSR count). The lowest BCUT2D eigenvalue weighted by Gasteiger charge is -2.22. The Morgan fingerprint density at radius 3 is 2.45 bits per heavy atom. The Balaban J connectivity index is 3.45. The molecule has 0 fully saturated rings. The van der Waals surface area contributed by atoms with Crippen LogP contribution >= 0.6 is 0 Å². The molecular weight excluding hydrogens is 142 g/mol. The van der Waals surface area contributed by atoms with E-state index in [1.165, 1.54) is 0 Å². The zero-order valence-corrected chi connectivity index (χ0v) is 7.26. The van der Waals surface area contributed by atoms with Crippen molar-refractivity contribution in [1.82, 2.24) is 0 Å². The van der Waals surface area contributed by atoms with Gasteiger partial charge in [0.2, 0.25) is 0 Å². The third-order valence-corrected chi connectivity index (χ3v) is 1.11. The van der Waals surface area contributed by atoms with Gasteiger partial charge in [-0.3, -0.25) is 0 Å². The molecule has 0 aliphatic carbocycles. The fourth-order valence-corrected chi connectivity index (χ4v) is 0.454. The quantitative estimate of drug-likeness (QED) is 0.246. The number of likely N-dealkylation sites (N-methyl/N-ethyl adjacent to an activating group) is 1. The van der Waals surface area contributed by atoms with Gasteiger partial charge in [-0.25, -0.2) is 4.79 Å². The highest BCUT2D eigenvalue weighted by Crippen LogP contribution is 1.89. The van der Waals surface area contributed by atoms with E-state index in [4.69, 9.17) is 6.42 Å². The highest BCUT2D eigenvalue weighted by Gasteiger charge is 2.07. The SMILES string of the molecule is C#CC(=O)OCC[N+](C)(C)C. The molecule has 3 heteroatoms. The van der Waals surface area contributed by atoms with E-state index >= 15 is 0 Å². The van der Waals surface area contributed by atoms with Crippen LogP contribution in [0.5, 0.6) is 0 Å². The minimum Gasteiger partial charge on any atom is -0.450 e. The molecule has 3 nitrogen and oxygen atoms in total. The van der Waals surface area contributed by atoms with Crippen molar-refractivity contribution < 1.29 is 14.0 Å². The van der Waals surface area contributed by atoms with E-state index in [0.29, 0.717) is 6.61 Å². The number of quaternary nitrogens is 1. The van der Waals surface area contributed by atoms with Gasteiger partial charge in [0.15, 0.2) is 0 Å². The van der Waals surface area contributed by atoms with Gasteiger partial charge in [-0.2, -0.15) is 0 Å². The average molecular weight is 156 g/mol. The molecule has 0 aliphatic rings. The van der Waals surface area contributed by atoms with Crippen molar-refractivity contribution in [2.75, 3.05) is 34.3 Å². The average Bonchev–Trinajstić information content (AvgIpc) is 1.85. The molecule has 0 aromatic rings. The standard InChI is InChI=1S/C8H14NO2/c1-5-8(10)11-7-6-9(2,3)4/h1H,6-7H2,2-4H3/q+1. The van der Waals surface area contributed by atoms with Crippen LogP contribution in [0.25, 0.3) is 0 Å². The molecule has 0 unspecified atom stereocenters. The van der Waals surface area contributed by atoms with Crippen molar-refractivity contribution in [1.29, 1.82) is 0 Å². The Hall–Kier alpha value is -1.01. The topological polar surface area (TPSA) is 26.3 Å². The zero-order chi connectivity index (χ0) is 8.91. The van der Waals surface area contributed by atoms with Gasteiger partial charge < -0.3 is 9.22 Å². The van der Waals surface area contributed by atoms with Crippen molar-refractivity contribution in [3.8, 4) is 12.3 Å². The summed E-state index contributed by atoms with van der Waals surface area (Å²) < 4.78 is 5.44. The van der Waals surface area contributed by atoms with Crippen LogP contribution in [-0.4, -0.2) is 44.7 Å². The second-order valence-electron chi connectivity index (χ2n) is 3.29. The van der Waals surface area contributed by atoms with Crippen LogP contribution in [0.15, 0.2) is 0 Å². The third-order valence-electron chi connectivity index (χ3n) is 1.11. The van der Waals surface area contributed by atoms with Gasteiger partial charge in [-0.1, -0.05) is 0 Å². The van der Waals surface area contributed by atoms with Gasteiger partial charge in [0.05, 0.1) is 21.1 Å². The van der Waals surface area contributed by atoms with E-state index < -0.39 is 5.97 Å². The number of esters is 1. The van der Waals surface area contributed by atoms with E-state index in [0.717, 1.165) is 11.0 Å². The van der Waals surface area contributed by atoms with E-state index in [2.05, 4.69) is 4.74 Å². The lowest BCUT2D eigenvalue weighted by molar-refractivity contribution is -0.870. The number of carbonyl (C=O) groups excluding carboxylic acids is 1. The van der Waals surface area contributed by atoms with Crippen molar-refractivity contribution >= 4 is 5.97 Å². The molecule has 0 radical (unpaired) electrons. The van der Waals surface area contributed by atoms with Gasteiger partial charge >= 0.3 is 5.97 Å². The van der Waals surface area contributed by atoms with Crippen molar-refractivity contribution in [2.45, 2.75) is 0 Å². The van der Waals surface area contributed by atoms with Crippen LogP contribution in [0.1, 0.15) is 0 Å². The Labute approximate surface area is 67.5 Å². The summed E-state index contributed by atoms with van der Waals surface area (Å²) in [5, 5.41) is 0. The largest absolute Gasteiger partial charge is 0.450 e. The summed E-state index contributed by atoms with van der Waals surface area (Å²) in [5.41, 5.74) is 0. The van der Waals surface area contributed by atoms with Crippen molar-refractivity contribution in [3.63, 3.8) is 0 Å². The number of rotatable bonds is 3. The minimum atomic E-state index is -0.585. The predicted molar refractivity (Wildman–Crippen MR) is 42.7 cm³/mol. The lowest BCUT2D eigenvalue weighted by atomic mass is 10.5. The highest BCUT2D eigenvalue weighted by molar-refractivity contribution is 5.87. The van der Waals surface area contributed by atoms with Gasteiger partial charge in [-0.15, -0.1) is 6.42 Å². The molecule has 11 heavy (non-hydrogen) atoms. The normalized spacial score (nSPS) is 10.4. The zero-order valence-electron chi connectivity index (χ0n) is 7.26. The van der Waals surface area contributed by atoms with Crippen LogP contribution in [-0.2, 0) is 9.53 Å². The molecular formula is C8H14NO2+. The number of terminal acetylenes is 1. The second kappa shape index (κ2) is 3.99. The molecule has 0 amide bonds. The molecule has 0 spiro atoms. The first-order chi connectivity index (χ1) is 4.95. The van der Waals surface area contributed by atoms with Crippen LogP contribution in [0.4, 0.5) is 0 Å². The fraction of sp³-hybridized carbons (Fsp3) is 0.625. The van der Waals surface area contributed by atoms with Crippen LogP contribution in [0.2, 0.25) is 0 Å². The molecule has 0 aromatic heterocycles. The lowest BCUT2D eigenvalue weighted by Crippen LogP contribution is -2.37. The maximum Gasteiger partial charge on any atom is 0.384 e. The van der Waals surface area contributed by atoms with Gasteiger partial charge in [0, 0.05) is 5.92 Å². The summed E-state index contributed by atoms with van der Waals surface area (Å²) >= 11 is 0. The van der Waals surface area contributed by atoms with Crippen molar-refractivity contribution in [2.24, 2.45) is 0 Å². The molecule has 0 saturated heterocycles. The summed E-state index contributed by atoms with van der Waals surface area (Å²) in [6, 6.07) is 0. The summed E-state index contributed by atoms with van der Waals surface area (Å²) in [7, 11) is 6.05. The Morgan fingerprint density at radius 2 is 2.09 bits per heavy atom. The number of ether oxygens (including phenoxy) is 1. The van der Waals surface area contributed by atoms with Gasteiger partial charge in [-0.05, 0) is 0 Å². The molecule has 0 N–H and O–H groups in total. The van der Waals surface area contributed by atoms with E-state index in [-0.39, 0.29) is 0 Å². The van der Waals surface area contributed by atoms with E-state index in [1.807, 2.05) is 27.1 Å². The molecule has 62 valence electrons. The predicted octanol–water partition coefficient (Wildman–Crippen LogP) is -0.131. The van der Waals surface area contributed by atoms with Crippen LogP contribution in [0.3, 0.4) is 0 Å². The molecule has 0 atom stereocenters. The minimum absolute atomic E-state index is 0.381. The molecule has 0 aliphatic heterocycles. The first-order valence-electron chi connectivity index (χ1n) is 3.39. The van der Waals surface area contributed by atoms with Gasteiger partial charge in [0.25, 0.3) is 0 Å². The molecule has 0 bridgehead atoms.